The van der Waals surface area contributed by atoms with Gasteiger partial charge in [-0.25, -0.2) is 4.79 Å². The first-order valence-corrected chi connectivity index (χ1v) is 10.2. The molecule has 160 valence electrons. The molecule has 0 fully saturated rings. The molecule has 0 aromatic heterocycles. The number of carbonyl (C=O) groups is 1. The molecule has 0 saturated heterocycles. The first-order chi connectivity index (χ1) is 15.5. The van der Waals surface area contributed by atoms with E-state index in [1.54, 1.807) is 30.3 Å². The summed E-state index contributed by atoms with van der Waals surface area (Å²) in [5.41, 5.74) is 9.44. The van der Waals surface area contributed by atoms with E-state index in [4.69, 9.17) is 19.9 Å². The Morgan fingerprint density at radius 2 is 1.84 bits per heavy atom. The molecular weight excluding hydrogens is 404 g/mol. The number of allylic oxidation sites excluding steroid dienone is 1. The number of ether oxygens (including phenoxy) is 3. The predicted molar refractivity (Wildman–Crippen MR) is 119 cm³/mol. The van der Waals surface area contributed by atoms with Crippen molar-refractivity contribution in [1.29, 1.82) is 5.26 Å². The molecule has 1 atom stereocenters. The quantitative estimate of drug-likeness (QED) is 0.464. The van der Waals surface area contributed by atoms with Gasteiger partial charge in [-0.3, -0.25) is 0 Å². The van der Waals surface area contributed by atoms with Gasteiger partial charge < -0.3 is 19.9 Å². The molecule has 0 radical (unpaired) electrons. The second-order valence-electron chi connectivity index (χ2n) is 7.35. The maximum atomic E-state index is 12.5. The molecule has 0 aliphatic carbocycles. The number of para-hydroxylation sites is 1. The summed E-state index contributed by atoms with van der Waals surface area (Å²) >= 11 is 0. The Morgan fingerprint density at radius 1 is 1.09 bits per heavy atom. The Bertz CT molecular complexity index is 1240. The number of hydrogen-bond acceptors (Lipinski definition) is 6. The first kappa shape index (κ1) is 21.0. The molecular formula is C26H22N2O4. The molecule has 3 aromatic carbocycles. The lowest BCUT2D eigenvalue weighted by Crippen LogP contribution is -2.21. The molecule has 4 rings (SSSR count). The fraction of sp³-hybridized carbons (Fsp3) is 0.154. The zero-order chi connectivity index (χ0) is 22.7. The van der Waals surface area contributed by atoms with Crippen molar-refractivity contribution >= 4 is 5.97 Å². The van der Waals surface area contributed by atoms with Gasteiger partial charge >= 0.3 is 5.97 Å². The van der Waals surface area contributed by atoms with Crippen molar-refractivity contribution in [3.8, 4) is 23.3 Å². The molecule has 0 spiro atoms. The van der Waals surface area contributed by atoms with Crippen LogP contribution < -0.4 is 19.9 Å². The van der Waals surface area contributed by atoms with E-state index < -0.39 is 11.9 Å². The molecule has 1 heterocycles. The van der Waals surface area contributed by atoms with Gasteiger partial charge in [-0.2, -0.15) is 5.26 Å². The van der Waals surface area contributed by atoms with Crippen LogP contribution >= 0.6 is 0 Å². The molecule has 2 N–H and O–H groups in total. The number of esters is 1. The highest BCUT2D eigenvalue weighted by Crippen LogP contribution is 2.45. The van der Waals surface area contributed by atoms with E-state index in [1.165, 1.54) is 0 Å². The number of nitrogens with zero attached hydrogens (tertiary/aromatic N) is 1. The van der Waals surface area contributed by atoms with E-state index in [0.717, 1.165) is 16.7 Å². The van der Waals surface area contributed by atoms with Crippen LogP contribution in [0.4, 0.5) is 0 Å². The van der Waals surface area contributed by atoms with Crippen molar-refractivity contribution in [3.63, 3.8) is 0 Å². The van der Waals surface area contributed by atoms with Crippen molar-refractivity contribution in [1.82, 2.24) is 0 Å². The van der Waals surface area contributed by atoms with Gasteiger partial charge in [0.15, 0.2) is 0 Å². The van der Waals surface area contributed by atoms with Crippen LogP contribution in [0.2, 0.25) is 0 Å². The third-order valence-corrected chi connectivity index (χ3v) is 5.22. The maximum absolute atomic E-state index is 12.5. The summed E-state index contributed by atoms with van der Waals surface area (Å²) in [5, 5.41) is 9.78. The number of nitriles is 1. The van der Waals surface area contributed by atoms with Crippen LogP contribution in [0, 0.1) is 18.3 Å². The van der Waals surface area contributed by atoms with Gasteiger partial charge in [0.2, 0.25) is 5.88 Å². The van der Waals surface area contributed by atoms with Crippen LogP contribution in [0.3, 0.4) is 0 Å². The van der Waals surface area contributed by atoms with E-state index in [-0.39, 0.29) is 5.88 Å². The van der Waals surface area contributed by atoms with Crippen LogP contribution in [0.5, 0.6) is 17.2 Å². The van der Waals surface area contributed by atoms with Crippen molar-refractivity contribution in [2.45, 2.75) is 19.8 Å². The van der Waals surface area contributed by atoms with Gasteiger partial charge in [-0.05, 0) is 38.1 Å². The van der Waals surface area contributed by atoms with E-state index >= 15 is 0 Å². The Kier molecular flexibility index (Phi) is 5.82. The molecule has 0 bridgehead atoms. The summed E-state index contributed by atoms with van der Waals surface area (Å²) in [6, 6.07) is 21.9. The second kappa shape index (κ2) is 8.86. The normalized spacial score (nSPS) is 14.7. The highest BCUT2D eigenvalue weighted by molar-refractivity contribution is 5.91. The number of rotatable bonds is 5. The summed E-state index contributed by atoms with van der Waals surface area (Å²) in [4.78, 5) is 12.5. The topological polar surface area (TPSA) is 94.6 Å². The van der Waals surface area contributed by atoms with Crippen molar-refractivity contribution in [3.05, 3.63) is 100 Å². The van der Waals surface area contributed by atoms with Gasteiger partial charge in [0.1, 0.15) is 28.9 Å². The number of fused-ring (bicyclic) bond motifs is 1. The zero-order valence-corrected chi connectivity index (χ0v) is 17.8. The highest BCUT2D eigenvalue weighted by Gasteiger charge is 2.32. The molecule has 0 saturated carbocycles. The maximum Gasteiger partial charge on any atom is 0.343 e. The molecule has 32 heavy (non-hydrogen) atoms. The van der Waals surface area contributed by atoms with Gasteiger partial charge in [-0.15, -0.1) is 0 Å². The average molecular weight is 426 g/mol. The van der Waals surface area contributed by atoms with E-state index in [9.17, 15) is 10.1 Å². The number of hydrogen-bond donors (Lipinski definition) is 1. The molecule has 0 amide bonds. The number of benzene rings is 3. The van der Waals surface area contributed by atoms with Crippen molar-refractivity contribution < 1.29 is 19.0 Å². The third kappa shape index (κ3) is 4.01. The van der Waals surface area contributed by atoms with E-state index in [2.05, 4.69) is 6.07 Å². The van der Waals surface area contributed by atoms with Crippen LogP contribution in [0.1, 0.15) is 39.9 Å². The number of carbonyl (C=O) groups excluding carboxylic acids is 1. The van der Waals surface area contributed by atoms with Crippen LogP contribution in [-0.2, 0) is 0 Å². The predicted octanol–water partition coefficient (Wildman–Crippen LogP) is 4.83. The number of aryl methyl sites for hydroxylation is 1. The van der Waals surface area contributed by atoms with E-state index in [1.807, 2.05) is 50.2 Å². The Balaban J connectivity index is 1.71. The minimum absolute atomic E-state index is 0.0123. The summed E-state index contributed by atoms with van der Waals surface area (Å²) in [6.07, 6.45) is 0. The summed E-state index contributed by atoms with van der Waals surface area (Å²) in [5.74, 6) is 0.488. The molecule has 1 aliphatic rings. The van der Waals surface area contributed by atoms with Crippen LogP contribution in [-0.4, -0.2) is 12.6 Å². The minimum Gasteiger partial charge on any atom is -0.494 e. The minimum atomic E-state index is -0.472. The Morgan fingerprint density at radius 3 is 2.56 bits per heavy atom. The summed E-state index contributed by atoms with van der Waals surface area (Å²) in [6.45, 7) is 4.34. The van der Waals surface area contributed by atoms with Gasteiger partial charge in [0.05, 0.1) is 18.1 Å². The lowest BCUT2D eigenvalue weighted by atomic mass is 9.83. The smallest absolute Gasteiger partial charge is 0.343 e. The fourth-order valence-electron chi connectivity index (χ4n) is 3.68. The van der Waals surface area contributed by atoms with Gasteiger partial charge in [0, 0.05) is 17.2 Å². The molecule has 6 heteroatoms. The van der Waals surface area contributed by atoms with Crippen molar-refractivity contribution in [2.24, 2.45) is 5.73 Å². The zero-order valence-electron chi connectivity index (χ0n) is 17.8. The summed E-state index contributed by atoms with van der Waals surface area (Å²) < 4.78 is 17.0. The lowest BCUT2D eigenvalue weighted by molar-refractivity contribution is 0.0734. The first-order valence-electron chi connectivity index (χ1n) is 10.2. The SMILES string of the molecule is CCOc1ccccc1C1C(C#N)=C(N)Oc2cc(OC(=O)c3ccc(C)cc3)ccc21. The second-order valence-corrected chi connectivity index (χ2v) is 7.35. The van der Waals surface area contributed by atoms with Gasteiger partial charge in [-0.1, -0.05) is 42.0 Å². The number of nitrogens with two attached hydrogens (primary N) is 1. The molecule has 6 nitrogen and oxygen atoms in total. The fourth-order valence-corrected chi connectivity index (χ4v) is 3.68. The Labute approximate surface area is 186 Å². The molecule has 3 aromatic rings. The average Bonchev–Trinajstić information content (AvgIpc) is 2.79. The summed E-state index contributed by atoms with van der Waals surface area (Å²) in [7, 11) is 0. The third-order valence-electron chi connectivity index (χ3n) is 5.22. The van der Waals surface area contributed by atoms with Gasteiger partial charge in [0.25, 0.3) is 0 Å². The molecule has 1 aliphatic heterocycles. The standard InChI is InChI=1S/C26H22N2O4/c1-3-30-22-7-5-4-6-19(22)24-20-13-12-18(14-23(20)32-25(28)21(24)15-27)31-26(29)17-10-8-16(2)9-11-17/h4-14,24H,3,28H2,1-2H3. The highest BCUT2D eigenvalue weighted by atomic mass is 16.5. The monoisotopic (exact) mass is 426 g/mol. The van der Waals surface area contributed by atoms with Crippen LogP contribution in [0.25, 0.3) is 0 Å². The lowest BCUT2D eigenvalue weighted by Gasteiger charge is -2.27. The molecule has 1 unspecified atom stereocenters. The Hall–Kier alpha value is -4.24. The van der Waals surface area contributed by atoms with Crippen LogP contribution in [0.15, 0.2) is 78.2 Å². The largest absolute Gasteiger partial charge is 0.494 e. The van der Waals surface area contributed by atoms with E-state index in [0.29, 0.717) is 35.0 Å². The van der Waals surface area contributed by atoms with Crippen molar-refractivity contribution in [2.75, 3.05) is 6.61 Å².